The van der Waals surface area contributed by atoms with Crippen molar-refractivity contribution in [3.05, 3.63) is 0 Å². The second-order valence-corrected chi connectivity index (χ2v) is 2.46. The molecular weight excluding hydrogens is 128 g/mol. The molecule has 10 heavy (non-hydrogen) atoms. The highest BCUT2D eigenvalue weighted by Crippen LogP contribution is 1.92. The predicted octanol–water partition coefficient (Wildman–Crippen LogP) is 0.0417. The molecule has 0 spiro atoms. The number of aliphatic hydroxyl groups is 1. The van der Waals surface area contributed by atoms with Crippen LogP contribution in [0.5, 0.6) is 0 Å². The van der Waals surface area contributed by atoms with Crippen molar-refractivity contribution in [2.75, 3.05) is 6.54 Å². The lowest BCUT2D eigenvalue weighted by atomic mass is 10.2. The third kappa shape index (κ3) is 3.82. The molecule has 0 bridgehead atoms. The summed E-state index contributed by atoms with van der Waals surface area (Å²) in [6, 6.07) is 0.0555. The van der Waals surface area contributed by atoms with E-state index in [1.807, 2.05) is 6.92 Å². The molecule has 0 aromatic carbocycles. The molecule has 0 radical (unpaired) electrons. The number of hydrogen-bond donors (Lipinski definition) is 3. The first-order chi connectivity index (χ1) is 4.72. The fraction of sp³-hybridized carbons (Fsp3) is 1.00. The largest absolute Gasteiger partial charge is 0.377 e. The lowest BCUT2D eigenvalue weighted by molar-refractivity contribution is 0.131. The summed E-state index contributed by atoms with van der Waals surface area (Å²) in [6.45, 7) is 5.01. The van der Waals surface area contributed by atoms with Gasteiger partial charge in [0.15, 0.2) is 0 Å². The molecule has 0 saturated heterocycles. The average Bonchev–Trinajstić information content (AvgIpc) is 1.89. The maximum atomic E-state index is 8.95. The van der Waals surface area contributed by atoms with Crippen LogP contribution >= 0.6 is 0 Å². The molecule has 0 rings (SSSR count). The predicted molar refractivity (Wildman–Crippen MR) is 42.6 cm³/mol. The van der Waals surface area contributed by atoms with Gasteiger partial charge in [-0.3, -0.25) is 0 Å². The molecule has 2 atom stereocenters. The average molecular weight is 146 g/mol. The Balaban J connectivity index is 3.40. The Hall–Kier alpha value is -0.120. The smallest absolute Gasteiger partial charge is 0.117 e. The first-order valence-corrected chi connectivity index (χ1v) is 3.89. The summed E-state index contributed by atoms with van der Waals surface area (Å²) in [5.41, 5.74) is 5.28. The highest BCUT2D eigenvalue weighted by molar-refractivity contribution is 4.68. The van der Waals surface area contributed by atoms with Gasteiger partial charge in [-0.15, -0.1) is 0 Å². The van der Waals surface area contributed by atoms with Crippen molar-refractivity contribution in [1.29, 1.82) is 0 Å². The van der Waals surface area contributed by atoms with E-state index in [9.17, 15) is 0 Å². The van der Waals surface area contributed by atoms with Crippen LogP contribution < -0.4 is 11.1 Å². The second kappa shape index (κ2) is 5.65. The summed E-state index contributed by atoms with van der Waals surface area (Å²) < 4.78 is 0. The van der Waals surface area contributed by atoms with Crippen LogP contribution in [0.2, 0.25) is 0 Å². The Labute approximate surface area is 62.6 Å². The van der Waals surface area contributed by atoms with Crippen molar-refractivity contribution in [3.63, 3.8) is 0 Å². The van der Waals surface area contributed by atoms with Gasteiger partial charge < -0.3 is 16.2 Å². The van der Waals surface area contributed by atoms with Crippen molar-refractivity contribution in [2.24, 2.45) is 5.73 Å². The van der Waals surface area contributed by atoms with Gasteiger partial charge in [-0.2, -0.15) is 0 Å². The molecule has 3 nitrogen and oxygen atoms in total. The molecule has 0 aromatic heterocycles. The zero-order valence-electron chi connectivity index (χ0n) is 6.80. The van der Waals surface area contributed by atoms with E-state index < -0.39 is 6.23 Å². The summed E-state index contributed by atoms with van der Waals surface area (Å²) >= 11 is 0. The minimum Gasteiger partial charge on any atom is -0.377 e. The molecule has 0 aliphatic carbocycles. The molecule has 3 heteroatoms. The number of nitrogens with two attached hydrogens (primary N) is 1. The van der Waals surface area contributed by atoms with Crippen LogP contribution in [0, 0.1) is 0 Å². The fourth-order valence-corrected chi connectivity index (χ4v) is 0.836. The van der Waals surface area contributed by atoms with Gasteiger partial charge in [-0.1, -0.05) is 13.8 Å². The maximum Gasteiger partial charge on any atom is 0.117 e. The zero-order chi connectivity index (χ0) is 7.98. The first-order valence-electron chi connectivity index (χ1n) is 3.89. The Bertz CT molecular complexity index is 76.0. The molecule has 0 saturated carbocycles. The third-order valence-corrected chi connectivity index (χ3v) is 1.51. The van der Waals surface area contributed by atoms with Crippen LogP contribution in [0.15, 0.2) is 0 Å². The Morgan fingerprint density at radius 2 is 2.10 bits per heavy atom. The first kappa shape index (κ1) is 9.88. The van der Waals surface area contributed by atoms with Crippen molar-refractivity contribution in [1.82, 2.24) is 5.32 Å². The van der Waals surface area contributed by atoms with E-state index in [2.05, 4.69) is 12.2 Å². The molecule has 0 aromatic rings. The summed E-state index contributed by atoms with van der Waals surface area (Å²) in [5.74, 6) is 0. The van der Waals surface area contributed by atoms with E-state index >= 15 is 0 Å². The molecule has 4 N–H and O–H groups in total. The van der Waals surface area contributed by atoms with E-state index in [4.69, 9.17) is 10.8 Å². The monoisotopic (exact) mass is 146 g/mol. The zero-order valence-corrected chi connectivity index (χ0v) is 6.80. The van der Waals surface area contributed by atoms with E-state index in [-0.39, 0.29) is 6.04 Å². The normalized spacial score (nSPS) is 16.8. The number of hydrogen-bond acceptors (Lipinski definition) is 3. The molecule has 0 fully saturated rings. The molecule has 0 heterocycles. The standard InChI is InChI=1S/C7H18N2O/c1-3-5-9-6(4-2)7(8)10/h6-7,9-10H,3-5,8H2,1-2H3. The SMILES string of the molecule is CCCNC(CC)C(N)O. The van der Waals surface area contributed by atoms with Gasteiger partial charge in [0.2, 0.25) is 0 Å². The lowest BCUT2D eigenvalue weighted by Crippen LogP contribution is -2.44. The van der Waals surface area contributed by atoms with Crippen molar-refractivity contribution in [3.8, 4) is 0 Å². The molecule has 0 aliphatic heterocycles. The number of aliphatic hydroxyl groups excluding tert-OH is 1. The van der Waals surface area contributed by atoms with Crippen LogP contribution in [-0.4, -0.2) is 23.9 Å². The summed E-state index contributed by atoms with van der Waals surface area (Å²) in [7, 11) is 0. The highest BCUT2D eigenvalue weighted by Gasteiger charge is 2.10. The summed E-state index contributed by atoms with van der Waals surface area (Å²) in [4.78, 5) is 0. The lowest BCUT2D eigenvalue weighted by Gasteiger charge is -2.18. The molecular formula is C7H18N2O. The van der Waals surface area contributed by atoms with Crippen molar-refractivity contribution in [2.45, 2.75) is 39.0 Å². The van der Waals surface area contributed by atoms with Crippen LogP contribution in [0.4, 0.5) is 0 Å². The van der Waals surface area contributed by atoms with Crippen LogP contribution in [-0.2, 0) is 0 Å². The summed E-state index contributed by atoms with van der Waals surface area (Å²) in [5, 5.41) is 12.1. The van der Waals surface area contributed by atoms with E-state index in [1.54, 1.807) is 0 Å². The number of nitrogens with one attached hydrogen (secondary N) is 1. The van der Waals surface area contributed by atoms with E-state index in [0.717, 1.165) is 19.4 Å². The Morgan fingerprint density at radius 3 is 2.40 bits per heavy atom. The van der Waals surface area contributed by atoms with Gasteiger partial charge in [-0.25, -0.2) is 0 Å². The maximum absolute atomic E-state index is 8.95. The van der Waals surface area contributed by atoms with Gasteiger partial charge >= 0.3 is 0 Å². The van der Waals surface area contributed by atoms with Gasteiger partial charge in [0.25, 0.3) is 0 Å². The van der Waals surface area contributed by atoms with Crippen molar-refractivity contribution >= 4 is 0 Å². The van der Waals surface area contributed by atoms with Gasteiger partial charge in [0.1, 0.15) is 6.23 Å². The fourth-order valence-electron chi connectivity index (χ4n) is 0.836. The topological polar surface area (TPSA) is 58.3 Å². The number of rotatable bonds is 5. The van der Waals surface area contributed by atoms with Crippen molar-refractivity contribution < 1.29 is 5.11 Å². The molecule has 0 aliphatic rings. The van der Waals surface area contributed by atoms with Crippen LogP contribution in [0.3, 0.4) is 0 Å². The van der Waals surface area contributed by atoms with E-state index in [1.165, 1.54) is 0 Å². The van der Waals surface area contributed by atoms with Gasteiger partial charge in [-0.05, 0) is 19.4 Å². The second-order valence-electron chi connectivity index (χ2n) is 2.46. The molecule has 2 unspecified atom stereocenters. The van der Waals surface area contributed by atoms with Crippen LogP contribution in [0.25, 0.3) is 0 Å². The Morgan fingerprint density at radius 1 is 1.50 bits per heavy atom. The minimum absolute atomic E-state index is 0.0555. The van der Waals surface area contributed by atoms with Gasteiger partial charge in [0.05, 0.1) is 0 Å². The summed E-state index contributed by atoms with van der Waals surface area (Å²) in [6.07, 6.45) is 1.22. The minimum atomic E-state index is -0.725. The molecule has 62 valence electrons. The third-order valence-electron chi connectivity index (χ3n) is 1.51. The Kier molecular flexibility index (Phi) is 5.58. The molecule has 0 amide bonds. The van der Waals surface area contributed by atoms with E-state index in [0.29, 0.717) is 0 Å². The highest BCUT2D eigenvalue weighted by atomic mass is 16.3. The van der Waals surface area contributed by atoms with Gasteiger partial charge in [0, 0.05) is 6.04 Å². The van der Waals surface area contributed by atoms with Crippen LogP contribution in [0.1, 0.15) is 26.7 Å². The quantitative estimate of drug-likeness (QED) is 0.480.